The normalized spacial score (nSPS) is 15.5. The van der Waals surface area contributed by atoms with Crippen LogP contribution in [0.15, 0.2) is 57.5 Å². The molecule has 1 aliphatic carbocycles. The maximum Gasteiger partial charge on any atom is 0.412 e. The Bertz CT molecular complexity index is 950. The zero-order chi connectivity index (χ0) is 18.1. The number of anilines is 1. The van der Waals surface area contributed by atoms with E-state index in [2.05, 4.69) is 32.5 Å². The second-order valence-corrected chi connectivity index (χ2v) is 7.15. The quantitative estimate of drug-likeness (QED) is 0.603. The average molecular weight is 413 g/mol. The second-order valence-electron chi connectivity index (χ2n) is 6.24. The number of carbonyl (C=O) groups excluding carboxylic acids is 1. The summed E-state index contributed by atoms with van der Waals surface area (Å²) < 4.78 is 12.0. The van der Waals surface area contributed by atoms with E-state index in [1.807, 2.05) is 42.5 Å². The van der Waals surface area contributed by atoms with Gasteiger partial charge >= 0.3 is 6.09 Å². The van der Waals surface area contributed by atoms with Crippen molar-refractivity contribution < 1.29 is 14.1 Å². The van der Waals surface area contributed by atoms with Crippen molar-refractivity contribution >= 4 is 27.7 Å². The van der Waals surface area contributed by atoms with Gasteiger partial charge in [0.05, 0.1) is 0 Å². The summed E-state index contributed by atoms with van der Waals surface area (Å²) >= 11 is 3.41. The summed E-state index contributed by atoms with van der Waals surface area (Å²) in [6.45, 7) is 1.78. The topological polar surface area (TPSA) is 64.4 Å². The van der Waals surface area contributed by atoms with Gasteiger partial charge in [-0.15, -0.1) is 0 Å². The van der Waals surface area contributed by atoms with Crippen LogP contribution in [0.5, 0.6) is 0 Å². The number of nitrogens with one attached hydrogen (secondary N) is 1. The molecule has 132 valence electrons. The fraction of sp³-hybridized carbons (Fsp3) is 0.200. The molecule has 0 saturated heterocycles. The van der Waals surface area contributed by atoms with E-state index in [1.165, 1.54) is 5.56 Å². The summed E-state index contributed by atoms with van der Waals surface area (Å²) in [6.07, 6.45) is 0.998. The lowest BCUT2D eigenvalue weighted by atomic mass is 10.1. The molecule has 0 radical (unpaired) electrons. The largest absolute Gasteiger partial charge is 0.441 e. The van der Waals surface area contributed by atoms with Crippen LogP contribution in [0.3, 0.4) is 0 Å². The fourth-order valence-corrected chi connectivity index (χ4v) is 3.48. The maximum absolute atomic E-state index is 12.5. The number of nitrogens with zero attached hydrogens (tertiary/aromatic N) is 1. The van der Waals surface area contributed by atoms with Crippen molar-refractivity contribution in [2.45, 2.75) is 25.9 Å². The van der Waals surface area contributed by atoms with Crippen molar-refractivity contribution in [1.29, 1.82) is 0 Å². The van der Waals surface area contributed by atoms with Crippen molar-refractivity contribution in [2.24, 2.45) is 0 Å². The standard InChI is InChI=1S/C20H17BrN2O3/c1-12-18(19(26-23-12)14-6-9-15(21)10-7-14)22-20(24)25-17-11-8-13-4-2-3-5-16(13)17/h2-7,9-10,17H,8,11H2,1H3,(H,22,24). The molecule has 5 nitrogen and oxygen atoms in total. The molecule has 0 aliphatic heterocycles. The van der Waals surface area contributed by atoms with Gasteiger partial charge in [0, 0.05) is 10.0 Å². The van der Waals surface area contributed by atoms with Gasteiger partial charge in [0.2, 0.25) is 0 Å². The van der Waals surface area contributed by atoms with E-state index in [9.17, 15) is 4.79 Å². The first-order valence-corrected chi connectivity index (χ1v) is 9.19. The lowest BCUT2D eigenvalue weighted by Crippen LogP contribution is -2.17. The maximum atomic E-state index is 12.5. The van der Waals surface area contributed by atoms with Crippen LogP contribution in [0.2, 0.25) is 0 Å². The van der Waals surface area contributed by atoms with Gasteiger partial charge in [0.1, 0.15) is 17.5 Å². The van der Waals surface area contributed by atoms with Gasteiger partial charge in [-0.1, -0.05) is 45.4 Å². The van der Waals surface area contributed by atoms with Crippen molar-refractivity contribution in [3.8, 4) is 11.3 Å². The molecule has 4 rings (SSSR count). The predicted octanol–water partition coefficient (Wildman–Crippen LogP) is 5.65. The molecule has 1 atom stereocenters. The van der Waals surface area contributed by atoms with Gasteiger partial charge in [-0.05, 0) is 55.2 Å². The Morgan fingerprint density at radius 2 is 2.00 bits per heavy atom. The number of fused-ring (bicyclic) bond motifs is 1. The third-order valence-electron chi connectivity index (χ3n) is 4.52. The Morgan fingerprint density at radius 1 is 1.23 bits per heavy atom. The molecule has 0 bridgehead atoms. The SMILES string of the molecule is Cc1noc(-c2ccc(Br)cc2)c1NC(=O)OC1CCc2ccccc21. The highest BCUT2D eigenvalue weighted by Gasteiger charge is 2.26. The first-order chi connectivity index (χ1) is 12.6. The highest BCUT2D eigenvalue weighted by atomic mass is 79.9. The number of ether oxygens (including phenoxy) is 1. The number of rotatable bonds is 3. The van der Waals surface area contributed by atoms with Crippen LogP contribution in [-0.2, 0) is 11.2 Å². The van der Waals surface area contributed by atoms with Crippen LogP contribution in [0.1, 0.15) is 29.3 Å². The third kappa shape index (κ3) is 3.24. The Balaban J connectivity index is 1.52. The highest BCUT2D eigenvalue weighted by molar-refractivity contribution is 9.10. The molecule has 1 amide bonds. The van der Waals surface area contributed by atoms with E-state index in [4.69, 9.17) is 9.26 Å². The Hall–Kier alpha value is -2.60. The number of carbonyl (C=O) groups is 1. The van der Waals surface area contributed by atoms with Gasteiger partial charge in [0.25, 0.3) is 0 Å². The zero-order valence-electron chi connectivity index (χ0n) is 14.2. The molecule has 1 unspecified atom stereocenters. The first kappa shape index (κ1) is 16.8. The first-order valence-electron chi connectivity index (χ1n) is 8.39. The summed E-state index contributed by atoms with van der Waals surface area (Å²) in [4.78, 5) is 12.5. The molecule has 0 spiro atoms. The van der Waals surface area contributed by atoms with Crippen LogP contribution in [0, 0.1) is 6.92 Å². The van der Waals surface area contributed by atoms with Crippen LogP contribution in [0.25, 0.3) is 11.3 Å². The predicted molar refractivity (Wildman–Crippen MR) is 102 cm³/mol. The van der Waals surface area contributed by atoms with Gasteiger partial charge < -0.3 is 9.26 Å². The van der Waals surface area contributed by atoms with E-state index < -0.39 is 6.09 Å². The molecule has 1 heterocycles. The monoisotopic (exact) mass is 412 g/mol. The molecule has 6 heteroatoms. The smallest absolute Gasteiger partial charge is 0.412 e. The molecular formula is C20H17BrN2O3. The number of amides is 1. The Morgan fingerprint density at radius 3 is 2.81 bits per heavy atom. The van der Waals surface area contributed by atoms with Gasteiger partial charge in [-0.3, -0.25) is 5.32 Å². The molecule has 1 aliphatic rings. The molecule has 3 aromatic rings. The zero-order valence-corrected chi connectivity index (χ0v) is 15.7. The number of benzene rings is 2. The van der Waals surface area contributed by atoms with Crippen LogP contribution < -0.4 is 5.32 Å². The van der Waals surface area contributed by atoms with Crippen molar-refractivity contribution in [3.63, 3.8) is 0 Å². The van der Waals surface area contributed by atoms with Gasteiger partial charge in [-0.25, -0.2) is 4.79 Å². The Labute approximate surface area is 159 Å². The minimum Gasteiger partial charge on any atom is -0.441 e. The summed E-state index contributed by atoms with van der Waals surface area (Å²) in [5.74, 6) is 0.513. The molecule has 1 N–H and O–H groups in total. The van der Waals surface area contributed by atoms with E-state index in [0.29, 0.717) is 17.1 Å². The number of hydrogen-bond donors (Lipinski definition) is 1. The van der Waals surface area contributed by atoms with Gasteiger partial charge in [-0.2, -0.15) is 0 Å². The summed E-state index contributed by atoms with van der Waals surface area (Å²) in [7, 11) is 0. The van der Waals surface area contributed by atoms with Crippen molar-refractivity contribution in [3.05, 3.63) is 69.8 Å². The lowest BCUT2D eigenvalue weighted by molar-refractivity contribution is 0.112. The van der Waals surface area contributed by atoms with Crippen LogP contribution >= 0.6 is 15.9 Å². The molecule has 0 saturated carbocycles. The van der Waals surface area contributed by atoms with E-state index in [0.717, 1.165) is 28.4 Å². The summed E-state index contributed by atoms with van der Waals surface area (Å²) in [5.41, 5.74) is 4.28. The van der Waals surface area contributed by atoms with E-state index in [-0.39, 0.29) is 6.10 Å². The van der Waals surface area contributed by atoms with E-state index in [1.54, 1.807) is 6.92 Å². The van der Waals surface area contributed by atoms with Crippen LogP contribution in [0.4, 0.5) is 10.5 Å². The van der Waals surface area contributed by atoms with Gasteiger partial charge in [0.15, 0.2) is 5.76 Å². The number of hydrogen-bond acceptors (Lipinski definition) is 4. The summed E-state index contributed by atoms with van der Waals surface area (Å²) in [6, 6.07) is 15.7. The fourth-order valence-electron chi connectivity index (χ4n) is 3.22. The van der Waals surface area contributed by atoms with Crippen LogP contribution in [-0.4, -0.2) is 11.2 Å². The third-order valence-corrected chi connectivity index (χ3v) is 5.05. The average Bonchev–Trinajstić information content (AvgIpc) is 3.21. The lowest BCUT2D eigenvalue weighted by Gasteiger charge is -2.14. The highest BCUT2D eigenvalue weighted by Crippen LogP contribution is 2.35. The second kappa shape index (κ2) is 6.96. The Kier molecular flexibility index (Phi) is 4.51. The molecule has 0 fully saturated rings. The van der Waals surface area contributed by atoms with Crippen molar-refractivity contribution in [2.75, 3.05) is 5.32 Å². The molecule has 26 heavy (non-hydrogen) atoms. The van der Waals surface area contributed by atoms with E-state index >= 15 is 0 Å². The minimum atomic E-state index is -0.503. The number of aromatic nitrogens is 1. The number of aryl methyl sites for hydroxylation is 2. The number of halogens is 1. The molecular weight excluding hydrogens is 396 g/mol. The molecule has 1 aromatic heterocycles. The van der Waals surface area contributed by atoms with Crippen molar-refractivity contribution in [1.82, 2.24) is 5.16 Å². The molecule has 2 aromatic carbocycles. The minimum absolute atomic E-state index is 0.220. The summed E-state index contributed by atoms with van der Waals surface area (Å²) in [5, 5.41) is 6.78.